The summed E-state index contributed by atoms with van der Waals surface area (Å²) in [5, 5.41) is 0. The minimum atomic E-state index is -4.64. The number of benzene rings is 1. The van der Waals surface area contributed by atoms with Gasteiger partial charge in [0.05, 0.1) is 10.2 Å². The molecule has 1 aromatic carbocycles. The lowest BCUT2D eigenvalue weighted by molar-refractivity contribution is 0.275. The Hall–Kier alpha value is 0.530. The molecule has 0 atom stereocenters. The van der Waals surface area contributed by atoms with Crippen molar-refractivity contribution in [2.24, 2.45) is 5.84 Å². The maximum absolute atomic E-state index is 8.88. The van der Waals surface area contributed by atoms with Crippen LogP contribution in [0.2, 0.25) is 0 Å². The SMILES string of the molecule is NNc1cc(Br)cc(Br)c1Br.O=P(O)(O)O. The van der Waals surface area contributed by atoms with Crippen LogP contribution in [0.4, 0.5) is 5.69 Å². The van der Waals surface area contributed by atoms with E-state index in [1.165, 1.54) is 0 Å². The van der Waals surface area contributed by atoms with E-state index in [2.05, 4.69) is 53.2 Å². The highest BCUT2D eigenvalue weighted by Gasteiger charge is 2.03. The Morgan fingerprint density at radius 3 is 2.00 bits per heavy atom. The number of hydrogen-bond donors (Lipinski definition) is 5. The van der Waals surface area contributed by atoms with Gasteiger partial charge in [0, 0.05) is 8.95 Å². The fraction of sp³-hybridized carbons (Fsp3) is 0. The van der Waals surface area contributed by atoms with E-state index in [1.807, 2.05) is 12.1 Å². The van der Waals surface area contributed by atoms with Crippen LogP contribution in [-0.4, -0.2) is 14.7 Å². The Kier molecular flexibility index (Phi) is 7.31. The third kappa shape index (κ3) is 7.75. The van der Waals surface area contributed by atoms with Gasteiger partial charge >= 0.3 is 7.82 Å². The first-order valence-electron chi connectivity index (χ1n) is 3.54. The summed E-state index contributed by atoms with van der Waals surface area (Å²) in [6, 6.07) is 3.82. The summed E-state index contributed by atoms with van der Waals surface area (Å²) in [5.41, 5.74) is 3.41. The molecule has 0 amide bonds. The number of nitrogens with two attached hydrogens (primary N) is 1. The summed E-state index contributed by atoms with van der Waals surface area (Å²) in [6.45, 7) is 0. The van der Waals surface area contributed by atoms with Crippen molar-refractivity contribution in [2.75, 3.05) is 5.43 Å². The molecule has 0 aliphatic rings. The molecule has 0 aliphatic carbocycles. The van der Waals surface area contributed by atoms with E-state index in [0.29, 0.717) is 0 Å². The van der Waals surface area contributed by atoms with Gasteiger partial charge in [-0.25, -0.2) is 4.57 Å². The second kappa shape index (κ2) is 7.07. The molecule has 1 rings (SSSR count). The monoisotopic (exact) mass is 440 g/mol. The number of hydrogen-bond acceptors (Lipinski definition) is 3. The van der Waals surface area contributed by atoms with Crippen LogP contribution in [0.15, 0.2) is 25.6 Å². The number of rotatable bonds is 1. The topological polar surface area (TPSA) is 116 Å². The lowest BCUT2D eigenvalue weighted by atomic mass is 10.3. The Bertz CT molecular complexity index is 403. The Balaban J connectivity index is 0.000000385. The van der Waals surface area contributed by atoms with E-state index < -0.39 is 7.82 Å². The number of nitrogens with one attached hydrogen (secondary N) is 1. The van der Waals surface area contributed by atoms with Crippen molar-refractivity contribution in [3.8, 4) is 0 Å². The first-order chi connectivity index (χ1) is 7.15. The van der Waals surface area contributed by atoms with Crippen molar-refractivity contribution in [3.63, 3.8) is 0 Å². The summed E-state index contributed by atoms with van der Waals surface area (Å²) >= 11 is 10.1. The van der Waals surface area contributed by atoms with Crippen molar-refractivity contribution in [3.05, 3.63) is 25.6 Å². The lowest BCUT2D eigenvalue weighted by Gasteiger charge is -2.05. The van der Waals surface area contributed by atoms with Crippen LogP contribution < -0.4 is 11.3 Å². The lowest BCUT2D eigenvalue weighted by Crippen LogP contribution is -2.07. The fourth-order valence-corrected chi connectivity index (χ4v) is 2.23. The summed E-state index contributed by atoms with van der Waals surface area (Å²) < 4.78 is 11.7. The third-order valence-electron chi connectivity index (χ3n) is 1.15. The van der Waals surface area contributed by atoms with Crippen molar-refractivity contribution < 1.29 is 19.2 Å². The van der Waals surface area contributed by atoms with Crippen LogP contribution in [0, 0.1) is 0 Å². The smallest absolute Gasteiger partial charge is 0.323 e. The molecule has 1 aromatic rings. The first-order valence-corrected chi connectivity index (χ1v) is 7.49. The summed E-state index contributed by atoms with van der Waals surface area (Å²) in [5.74, 6) is 5.27. The molecule has 0 unspecified atom stereocenters. The molecule has 6 N–H and O–H groups in total. The van der Waals surface area contributed by atoms with Gasteiger partial charge in [-0.1, -0.05) is 15.9 Å². The van der Waals surface area contributed by atoms with Gasteiger partial charge in [-0.15, -0.1) is 0 Å². The molecular weight excluding hydrogens is 435 g/mol. The van der Waals surface area contributed by atoms with Crippen LogP contribution in [0.25, 0.3) is 0 Å². The molecule has 0 saturated carbocycles. The molecule has 0 spiro atoms. The highest BCUT2D eigenvalue weighted by atomic mass is 79.9. The van der Waals surface area contributed by atoms with Gasteiger partial charge < -0.3 is 20.1 Å². The maximum atomic E-state index is 8.88. The molecule has 92 valence electrons. The molecule has 0 aromatic heterocycles. The quantitative estimate of drug-likeness (QED) is 0.197. The van der Waals surface area contributed by atoms with E-state index in [0.717, 1.165) is 19.1 Å². The van der Waals surface area contributed by atoms with E-state index >= 15 is 0 Å². The normalized spacial score (nSPS) is 10.4. The number of nitrogen functional groups attached to an aromatic ring is 1. The second-order valence-corrected chi connectivity index (χ2v) is 6.00. The molecule has 0 radical (unpaired) electrons. The average molecular weight is 443 g/mol. The zero-order chi connectivity index (χ0) is 12.9. The van der Waals surface area contributed by atoms with Gasteiger partial charge in [0.25, 0.3) is 0 Å². The molecule has 0 bridgehead atoms. The molecule has 0 fully saturated rings. The summed E-state index contributed by atoms with van der Waals surface area (Å²) in [6.07, 6.45) is 0. The van der Waals surface area contributed by atoms with E-state index in [-0.39, 0.29) is 0 Å². The van der Waals surface area contributed by atoms with Gasteiger partial charge in [0.1, 0.15) is 0 Å². The zero-order valence-electron chi connectivity index (χ0n) is 7.56. The van der Waals surface area contributed by atoms with Gasteiger partial charge in [-0.3, -0.25) is 5.84 Å². The van der Waals surface area contributed by atoms with E-state index in [9.17, 15) is 0 Å². The van der Waals surface area contributed by atoms with Gasteiger partial charge in [-0.2, -0.15) is 0 Å². The molecule has 6 nitrogen and oxygen atoms in total. The van der Waals surface area contributed by atoms with E-state index in [4.69, 9.17) is 25.1 Å². The third-order valence-corrected chi connectivity index (χ3v) is 3.62. The first kappa shape index (κ1) is 16.5. The van der Waals surface area contributed by atoms with Crippen LogP contribution in [-0.2, 0) is 4.57 Å². The van der Waals surface area contributed by atoms with E-state index in [1.54, 1.807) is 0 Å². The molecule has 0 heterocycles. The molecule has 10 heteroatoms. The Morgan fingerprint density at radius 1 is 1.19 bits per heavy atom. The number of hydrazine groups is 1. The second-order valence-electron chi connectivity index (χ2n) is 2.41. The number of anilines is 1. The molecule has 0 saturated heterocycles. The number of halogens is 3. The van der Waals surface area contributed by atoms with Crippen LogP contribution in [0.3, 0.4) is 0 Å². The van der Waals surface area contributed by atoms with Crippen LogP contribution in [0.5, 0.6) is 0 Å². The van der Waals surface area contributed by atoms with Crippen molar-refractivity contribution >= 4 is 61.3 Å². The van der Waals surface area contributed by atoms with Crippen LogP contribution in [0.1, 0.15) is 0 Å². The zero-order valence-corrected chi connectivity index (χ0v) is 13.2. The summed E-state index contributed by atoms with van der Waals surface area (Å²) in [7, 11) is -4.64. The number of phosphoric acid groups is 1. The highest BCUT2D eigenvalue weighted by Crippen LogP contribution is 2.33. The van der Waals surface area contributed by atoms with Gasteiger partial charge in [-0.05, 0) is 44.0 Å². The standard InChI is InChI=1S/C6H5Br3N2.H3O4P/c7-3-1-4(8)6(9)5(2-3)11-10;1-5(2,3)4/h1-2,11H,10H2;(H3,1,2,3,4). The van der Waals surface area contributed by atoms with Crippen LogP contribution >= 0.6 is 55.6 Å². The fourth-order valence-electron chi connectivity index (χ4n) is 0.661. The average Bonchev–Trinajstić information content (AvgIpc) is 2.08. The largest absolute Gasteiger partial charge is 0.466 e. The summed E-state index contributed by atoms with van der Waals surface area (Å²) in [4.78, 5) is 21.6. The predicted octanol–water partition coefficient (Wildman–Crippen LogP) is 2.33. The van der Waals surface area contributed by atoms with Gasteiger partial charge in [0.15, 0.2) is 0 Å². The predicted molar refractivity (Wildman–Crippen MR) is 71.6 cm³/mol. The highest BCUT2D eigenvalue weighted by molar-refractivity contribution is 9.13. The minimum Gasteiger partial charge on any atom is -0.323 e. The molecule has 0 aliphatic heterocycles. The van der Waals surface area contributed by atoms with Crippen molar-refractivity contribution in [2.45, 2.75) is 0 Å². The Labute approximate surface area is 117 Å². The van der Waals surface area contributed by atoms with Crippen molar-refractivity contribution in [1.29, 1.82) is 0 Å². The maximum Gasteiger partial charge on any atom is 0.466 e. The Morgan fingerprint density at radius 2 is 1.62 bits per heavy atom. The van der Waals surface area contributed by atoms with Crippen molar-refractivity contribution in [1.82, 2.24) is 0 Å². The minimum absolute atomic E-state index is 0.839. The van der Waals surface area contributed by atoms with Gasteiger partial charge in [0.2, 0.25) is 0 Å². The molecule has 16 heavy (non-hydrogen) atoms. The molecular formula is C6H8Br3N2O4P.